The van der Waals surface area contributed by atoms with Crippen molar-refractivity contribution in [2.24, 2.45) is 11.7 Å². The van der Waals surface area contributed by atoms with Gasteiger partial charge in [-0.1, -0.05) is 12.1 Å². The van der Waals surface area contributed by atoms with E-state index in [9.17, 15) is 22.8 Å². The first-order valence-electron chi connectivity index (χ1n) is 9.35. The van der Waals surface area contributed by atoms with Crippen molar-refractivity contribution in [1.82, 2.24) is 4.90 Å². The summed E-state index contributed by atoms with van der Waals surface area (Å²) in [4.78, 5) is 36.0. The van der Waals surface area contributed by atoms with E-state index >= 15 is 0 Å². The molecule has 0 aliphatic carbocycles. The summed E-state index contributed by atoms with van der Waals surface area (Å²) in [5.74, 6) is -4.84. The van der Waals surface area contributed by atoms with Crippen LogP contribution in [0.25, 0.3) is 0 Å². The van der Waals surface area contributed by atoms with E-state index in [2.05, 4.69) is 4.90 Å². The van der Waals surface area contributed by atoms with Crippen LogP contribution in [0.15, 0.2) is 36.4 Å². The van der Waals surface area contributed by atoms with Crippen LogP contribution in [0.1, 0.15) is 23.2 Å². The van der Waals surface area contributed by atoms with Crippen LogP contribution in [0.5, 0.6) is 0 Å². The van der Waals surface area contributed by atoms with Gasteiger partial charge >= 0.3 is 6.03 Å². The van der Waals surface area contributed by atoms with Crippen molar-refractivity contribution in [1.29, 1.82) is 0 Å². The maximum atomic E-state index is 14.2. The molecule has 0 aromatic heterocycles. The molecule has 1 aliphatic rings. The van der Waals surface area contributed by atoms with Crippen LogP contribution < -0.4 is 10.6 Å². The standard InChI is InChI=1S/C20H20F3N3O2.CH2O2/c1-25-9-7-12(8-10-25)19(27)13-3-2-4-14(11-13)26(20(24)28)16-6-5-15(21)17(22)18(16)23;2-1-3/h2-6,11-12H,7-10H2,1H3,(H2,24,28);1H,(H,2,3). The summed E-state index contributed by atoms with van der Waals surface area (Å²) in [5.41, 5.74) is 5.27. The molecule has 3 N–H and O–H groups in total. The Hall–Kier alpha value is -3.40. The lowest BCUT2D eigenvalue weighted by Crippen LogP contribution is -2.34. The van der Waals surface area contributed by atoms with E-state index in [-0.39, 0.29) is 23.9 Å². The quantitative estimate of drug-likeness (QED) is 0.433. The summed E-state index contributed by atoms with van der Waals surface area (Å²) in [5, 5.41) is 6.89. The van der Waals surface area contributed by atoms with E-state index in [4.69, 9.17) is 15.6 Å². The van der Waals surface area contributed by atoms with Gasteiger partial charge in [0.15, 0.2) is 23.2 Å². The fourth-order valence-corrected chi connectivity index (χ4v) is 3.38. The molecule has 3 rings (SSSR count). The first kappa shape index (κ1) is 23.9. The highest BCUT2D eigenvalue weighted by molar-refractivity contribution is 6.02. The normalized spacial score (nSPS) is 14.3. The number of nitrogens with two attached hydrogens (primary N) is 1. The zero-order chi connectivity index (χ0) is 23.1. The van der Waals surface area contributed by atoms with Crippen molar-refractivity contribution in [2.45, 2.75) is 12.8 Å². The molecule has 0 saturated carbocycles. The fourth-order valence-electron chi connectivity index (χ4n) is 3.38. The third-order valence-electron chi connectivity index (χ3n) is 4.95. The topological polar surface area (TPSA) is 104 Å². The average molecular weight is 437 g/mol. The van der Waals surface area contributed by atoms with E-state index in [1.165, 1.54) is 18.2 Å². The number of hydrogen-bond donors (Lipinski definition) is 2. The number of halogens is 3. The van der Waals surface area contributed by atoms with Crippen LogP contribution in [0.3, 0.4) is 0 Å². The van der Waals surface area contributed by atoms with Crippen LogP contribution in [-0.2, 0) is 4.79 Å². The lowest BCUT2D eigenvalue weighted by Gasteiger charge is -2.28. The highest BCUT2D eigenvalue weighted by Crippen LogP contribution is 2.31. The molecule has 0 spiro atoms. The second kappa shape index (κ2) is 10.6. The molecule has 1 saturated heterocycles. The Morgan fingerprint density at radius 1 is 1.13 bits per heavy atom. The smallest absolute Gasteiger partial charge is 0.323 e. The number of carbonyl (C=O) groups is 3. The Morgan fingerprint density at radius 3 is 2.32 bits per heavy atom. The van der Waals surface area contributed by atoms with E-state index in [0.717, 1.165) is 32.0 Å². The van der Waals surface area contributed by atoms with Gasteiger partial charge in [-0.2, -0.15) is 0 Å². The SMILES string of the molecule is CN1CCC(C(=O)c2cccc(N(C(N)=O)c3ccc(F)c(F)c3F)c2)CC1.O=CO. The number of ketones is 1. The lowest BCUT2D eigenvalue weighted by atomic mass is 9.89. The first-order valence-corrected chi connectivity index (χ1v) is 9.35. The van der Waals surface area contributed by atoms with Gasteiger partial charge in [-0.05, 0) is 57.2 Å². The summed E-state index contributed by atoms with van der Waals surface area (Å²) in [7, 11) is 1.99. The number of Topliss-reactive ketones (excluding diaryl/α,β-unsaturated/α-hetero) is 1. The zero-order valence-electron chi connectivity index (χ0n) is 16.7. The van der Waals surface area contributed by atoms with Crippen molar-refractivity contribution in [2.75, 3.05) is 25.0 Å². The molecule has 0 radical (unpaired) electrons. The van der Waals surface area contributed by atoms with Gasteiger partial charge in [-0.15, -0.1) is 0 Å². The predicted molar refractivity (Wildman–Crippen MR) is 108 cm³/mol. The number of nitrogens with zero attached hydrogens (tertiary/aromatic N) is 2. The molecule has 31 heavy (non-hydrogen) atoms. The minimum absolute atomic E-state index is 0.0786. The predicted octanol–water partition coefficient (Wildman–Crippen LogP) is 3.55. The van der Waals surface area contributed by atoms with Gasteiger partial charge in [0.05, 0.1) is 11.4 Å². The number of likely N-dealkylation sites (tertiary alicyclic amines) is 1. The Labute approximate surface area is 176 Å². The molecular weight excluding hydrogens is 415 g/mol. The summed E-state index contributed by atoms with van der Waals surface area (Å²) >= 11 is 0. The maximum Gasteiger partial charge on any atom is 0.323 e. The Balaban J connectivity index is 0.00000107. The Kier molecular flexibility index (Phi) is 8.14. The molecule has 0 bridgehead atoms. The van der Waals surface area contributed by atoms with E-state index in [1.807, 2.05) is 7.05 Å². The second-order valence-electron chi connectivity index (χ2n) is 6.97. The number of carbonyl (C=O) groups excluding carboxylic acids is 2. The number of piperidine rings is 1. The van der Waals surface area contributed by atoms with Gasteiger partial charge in [-0.25, -0.2) is 18.0 Å². The van der Waals surface area contributed by atoms with Gasteiger partial charge < -0.3 is 15.7 Å². The number of benzene rings is 2. The molecule has 0 unspecified atom stereocenters. The number of hydrogen-bond acceptors (Lipinski definition) is 4. The molecule has 2 aromatic carbocycles. The third kappa shape index (κ3) is 5.60. The molecule has 166 valence electrons. The zero-order valence-corrected chi connectivity index (χ0v) is 16.7. The third-order valence-corrected chi connectivity index (χ3v) is 4.95. The van der Waals surface area contributed by atoms with Crippen LogP contribution in [-0.4, -0.2) is 48.4 Å². The van der Waals surface area contributed by atoms with Crippen LogP contribution >= 0.6 is 0 Å². The molecule has 1 aliphatic heterocycles. The first-order chi connectivity index (χ1) is 14.7. The minimum Gasteiger partial charge on any atom is -0.483 e. The van der Waals surface area contributed by atoms with Crippen molar-refractivity contribution >= 4 is 29.7 Å². The molecule has 2 aromatic rings. The molecular formula is C21H22F3N3O4. The molecule has 10 heteroatoms. The lowest BCUT2D eigenvalue weighted by molar-refractivity contribution is -0.122. The highest BCUT2D eigenvalue weighted by Gasteiger charge is 2.27. The number of rotatable bonds is 4. The van der Waals surface area contributed by atoms with Crippen molar-refractivity contribution in [3.8, 4) is 0 Å². The van der Waals surface area contributed by atoms with Crippen molar-refractivity contribution < 1.29 is 32.7 Å². The van der Waals surface area contributed by atoms with Crippen LogP contribution in [0, 0.1) is 23.4 Å². The van der Waals surface area contributed by atoms with Crippen LogP contribution in [0.2, 0.25) is 0 Å². The number of amides is 2. The number of urea groups is 1. The highest BCUT2D eigenvalue weighted by atomic mass is 19.2. The Morgan fingerprint density at radius 2 is 1.74 bits per heavy atom. The van der Waals surface area contributed by atoms with Gasteiger partial charge in [0, 0.05) is 11.5 Å². The molecule has 0 atom stereocenters. The maximum absolute atomic E-state index is 14.2. The van der Waals surface area contributed by atoms with Crippen LogP contribution in [0.4, 0.5) is 29.3 Å². The van der Waals surface area contributed by atoms with E-state index in [1.54, 1.807) is 6.07 Å². The van der Waals surface area contributed by atoms with Gasteiger partial charge in [0.1, 0.15) is 0 Å². The average Bonchev–Trinajstić information content (AvgIpc) is 2.74. The summed E-state index contributed by atoms with van der Waals surface area (Å²) in [6.45, 7) is 1.37. The minimum atomic E-state index is -1.71. The second-order valence-corrected chi connectivity index (χ2v) is 6.97. The fraction of sp³-hybridized carbons (Fsp3) is 0.286. The number of carboxylic acid groups (broad SMARTS) is 1. The molecule has 1 heterocycles. The van der Waals surface area contributed by atoms with Crippen molar-refractivity contribution in [3.63, 3.8) is 0 Å². The molecule has 2 amide bonds. The van der Waals surface area contributed by atoms with Gasteiger partial charge in [0.2, 0.25) is 0 Å². The van der Waals surface area contributed by atoms with E-state index < -0.39 is 29.2 Å². The summed E-state index contributed by atoms with van der Waals surface area (Å²) in [6.07, 6.45) is 1.44. The largest absolute Gasteiger partial charge is 0.483 e. The number of primary amides is 1. The van der Waals surface area contributed by atoms with Gasteiger partial charge in [0.25, 0.3) is 6.47 Å². The summed E-state index contributed by atoms with van der Waals surface area (Å²) in [6, 6.07) is 6.52. The number of anilines is 2. The molecule has 1 fully saturated rings. The van der Waals surface area contributed by atoms with E-state index in [0.29, 0.717) is 16.5 Å². The summed E-state index contributed by atoms with van der Waals surface area (Å²) < 4.78 is 41.1. The van der Waals surface area contributed by atoms with Gasteiger partial charge in [-0.3, -0.25) is 14.5 Å². The van der Waals surface area contributed by atoms with Crippen molar-refractivity contribution in [3.05, 3.63) is 59.4 Å². The Bertz CT molecular complexity index is 963. The molecule has 7 nitrogen and oxygen atoms in total. The monoisotopic (exact) mass is 437 g/mol.